The monoisotopic (exact) mass is 353 g/mol. The van der Waals surface area contributed by atoms with Gasteiger partial charge in [0.25, 0.3) is 0 Å². The van der Waals surface area contributed by atoms with E-state index in [0.717, 1.165) is 29.1 Å². The van der Waals surface area contributed by atoms with Crippen LogP contribution in [0.2, 0.25) is 10.0 Å². The van der Waals surface area contributed by atoms with Crippen LogP contribution in [0.25, 0.3) is 10.9 Å². The lowest BCUT2D eigenvalue weighted by atomic mass is 9.95. The van der Waals surface area contributed by atoms with Gasteiger partial charge in [0.05, 0.1) is 11.1 Å². The maximum atomic E-state index is 6.31. The Morgan fingerprint density at radius 1 is 1.18 bits per heavy atom. The number of nitrogens with one attached hydrogen (secondary N) is 2. The third-order valence-electron chi connectivity index (χ3n) is 4.03. The summed E-state index contributed by atoms with van der Waals surface area (Å²) in [6, 6.07) is 8.00. The first-order valence-electron chi connectivity index (χ1n) is 6.87. The molecule has 1 aliphatic heterocycles. The van der Waals surface area contributed by atoms with Crippen LogP contribution in [0, 0.1) is 0 Å². The van der Waals surface area contributed by atoms with Crippen molar-refractivity contribution in [1.82, 2.24) is 15.3 Å². The number of H-pyrrole nitrogens is 1. The van der Waals surface area contributed by atoms with E-state index >= 15 is 0 Å². The number of aromatic nitrogens is 2. The molecule has 0 saturated heterocycles. The van der Waals surface area contributed by atoms with Gasteiger partial charge < -0.3 is 10.3 Å². The molecule has 3 nitrogen and oxygen atoms in total. The van der Waals surface area contributed by atoms with E-state index < -0.39 is 0 Å². The minimum atomic E-state index is 0. The van der Waals surface area contributed by atoms with Crippen molar-refractivity contribution >= 4 is 46.5 Å². The van der Waals surface area contributed by atoms with Gasteiger partial charge in [0, 0.05) is 40.6 Å². The summed E-state index contributed by atoms with van der Waals surface area (Å²) in [6.07, 6.45) is 4.44. The van der Waals surface area contributed by atoms with E-state index in [1.165, 1.54) is 16.6 Å². The number of nitrogens with zero attached hydrogens (tertiary/aromatic N) is 1. The van der Waals surface area contributed by atoms with Gasteiger partial charge in [-0.3, -0.25) is 4.98 Å². The second-order valence-corrected chi connectivity index (χ2v) is 6.09. The van der Waals surface area contributed by atoms with E-state index in [4.69, 9.17) is 23.2 Å². The van der Waals surface area contributed by atoms with Gasteiger partial charge in [0.2, 0.25) is 0 Å². The lowest BCUT2D eigenvalue weighted by Crippen LogP contribution is -2.30. The van der Waals surface area contributed by atoms with Crippen molar-refractivity contribution < 1.29 is 0 Å². The van der Waals surface area contributed by atoms with Crippen LogP contribution in [-0.2, 0) is 6.42 Å². The number of benzene rings is 1. The normalized spacial score (nSPS) is 17.1. The van der Waals surface area contributed by atoms with E-state index in [1.807, 2.05) is 24.3 Å². The van der Waals surface area contributed by atoms with Gasteiger partial charge in [-0.1, -0.05) is 23.2 Å². The first kappa shape index (κ1) is 15.6. The molecule has 2 aromatic heterocycles. The lowest BCUT2D eigenvalue weighted by Gasteiger charge is -2.25. The summed E-state index contributed by atoms with van der Waals surface area (Å²) in [5.74, 6) is 0. The van der Waals surface area contributed by atoms with Crippen LogP contribution in [0.15, 0.2) is 36.7 Å². The van der Waals surface area contributed by atoms with Crippen molar-refractivity contribution in [2.24, 2.45) is 0 Å². The molecule has 3 heterocycles. The number of hydrogen-bond donors (Lipinski definition) is 2. The molecule has 0 bridgehead atoms. The third-order valence-corrected chi connectivity index (χ3v) is 4.58. The molecule has 1 aromatic carbocycles. The summed E-state index contributed by atoms with van der Waals surface area (Å²) in [4.78, 5) is 7.58. The molecule has 0 radical (unpaired) electrons. The van der Waals surface area contributed by atoms with Crippen molar-refractivity contribution in [2.45, 2.75) is 12.5 Å². The zero-order valence-electron chi connectivity index (χ0n) is 11.6. The molecule has 0 spiro atoms. The Hall–Kier alpha value is -1.26. The fraction of sp³-hybridized carbons (Fsp3) is 0.188. The van der Waals surface area contributed by atoms with Gasteiger partial charge in [-0.2, -0.15) is 0 Å². The van der Waals surface area contributed by atoms with E-state index in [0.29, 0.717) is 5.02 Å². The van der Waals surface area contributed by atoms with Crippen molar-refractivity contribution in [2.75, 3.05) is 6.54 Å². The van der Waals surface area contributed by atoms with Crippen molar-refractivity contribution in [3.8, 4) is 0 Å². The summed E-state index contributed by atoms with van der Waals surface area (Å²) >= 11 is 12.4. The van der Waals surface area contributed by atoms with E-state index in [-0.39, 0.29) is 18.4 Å². The van der Waals surface area contributed by atoms with E-state index in [9.17, 15) is 0 Å². The van der Waals surface area contributed by atoms with Gasteiger partial charge in [0.15, 0.2) is 0 Å². The molecule has 3 aromatic rings. The summed E-state index contributed by atoms with van der Waals surface area (Å²) < 4.78 is 0. The quantitative estimate of drug-likeness (QED) is 0.674. The molecule has 0 fully saturated rings. The van der Waals surface area contributed by atoms with Crippen LogP contribution in [0.5, 0.6) is 0 Å². The number of rotatable bonds is 1. The first-order chi connectivity index (χ1) is 10.2. The Bertz CT molecular complexity index is 829. The van der Waals surface area contributed by atoms with Gasteiger partial charge in [-0.15, -0.1) is 12.4 Å². The van der Waals surface area contributed by atoms with Crippen LogP contribution in [0.4, 0.5) is 0 Å². The third kappa shape index (κ3) is 2.48. The van der Waals surface area contributed by atoms with Gasteiger partial charge in [0.1, 0.15) is 0 Å². The fourth-order valence-electron chi connectivity index (χ4n) is 3.09. The highest BCUT2D eigenvalue weighted by molar-refractivity contribution is 6.31. The average Bonchev–Trinajstić information content (AvgIpc) is 2.86. The zero-order chi connectivity index (χ0) is 14.4. The Labute approximate surface area is 144 Å². The van der Waals surface area contributed by atoms with E-state index in [2.05, 4.69) is 15.3 Å². The van der Waals surface area contributed by atoms with Crippen LogP contribution in [0.3, 0.4) is 0 Å². The molecule has 114 valence electrons. The molecule has 6 heteroatoms. The zero-order valence-corrected chi connectivity index (χ0v) is 13.9. The standard InChI is InChI=1S/C16H13Cl2N3.ClH/c17-9-1-2-14-12(7-9)10-4-6-20-15(16(10)21-14)11-3-5-19-8-13(11)18;/h1-3,5,7-8,15,20-21H,4,6H2;1H. The molecule has 2 N–H and O–H groups in total. The molecule has 1 unspecified atom stereocenters. The Morgan fingerprint density at radius 2 is 2.05 bits per heavy atom. The summed E-state index contributed by atoms with van der Waals surface area (Å²) in [5.41, 5.74) is 4.66. The Balaban J connectivity index is 0.00000144. The molecular formula is C16H14Cl3N3. The highest BCUT2D eigenvalue weighted by Crippen LogP contribution is 2.36. The Kier molecular flexibility index (Phi) is 4.33. The van der Waals surface area contributed by atoms with E-state index in [1.54, 1.807) is 12.4 Å². The predicted octanol–water partition coefficient (Wildman–Crippen LogP) is 4.53. The predicted molar refractivity (Wildman–Crippen MR) is 93.4 cm³/mol. The molecule has 22 heavy (non-hydrogen) atoms. The molecular weight excluding hydrogens is 341 g/mol. The molecule has 0 amide bonds. The second-order valence-electron chi connectivity index (χ2n) is 5.24. The number of fused-ring (bicyclic) bond motifs is 3. The molecule has 0 saturated carbocycles. The molecule has 1 atom stereocenters. The average molecular weight is 355 g/mol. The largest absolute Gasteiger partial charge is 0.357 e. The summed E-state index contributed by atoms with van der Waals surface area (Å²) in [6.45, 7) is 0.912. The van der Waals surface area contributed by atoms with Crippen LogP contribution in [-0.4, -0.2) is 16.5 Å². The summed E-state index contributed by atoms with van der Waals surface area (Å²) in [5, 5.41) is 6.18. The van der Waals surface area contributed by atoms with Crippen molar-refractivity contribution in [3.05, 3.63) is 63.5 Å². The lowest BCUT2D eigenvalue weighted by molar-refractivity contribution is 0.560. The molecule has 4 rings (SSSR count). The Morgan fingerprint density at radius 3 is 2.86 bits per heavy atom. The number of halogens is 3. The van der Waals surface area contributed by atoms with Gasteiger partial charge >= 0.3 is 0 Å². The SMILES string of the molecule is Cl.Clc1ccc2[nH]c3c(c2c1)CCNC3c1ccncc1Cl. The molecule has 0 aliphatic carbocycles. The van der Waals surface area contributed by atoms with Gasteiger partial charge in [-0.05, 0) is 41.8 Å². The summed E-state index contributed by atoms with van der Waals surface area (Å²) in [7, 11) is 0. The topological polar surface area (TPSA) is 40.7 Å². The van der Waals surface area contributed by atoms with Crippen molar-refractivity contribution in [3.63, 3.8) is 0 Å². The maximum Gasteiger partial charge on any atom is 0.0748 e. The number of aromatic amines is 1. The first-order valence-corrected chi connectivity index (χ1v) is 7.62. The highest BCUT2D eigenvalue weighted by atomic mass is 35.5. The van der Waals surface area contributed by atoms with Crippen LogP contribution in [0.1, 0.15) is 22.9 Å². The van der Waals surface area contributed by atoms with Crippen molar-refractivity contribution in [1.29, 1.82) is 0 Å². The van der Waals surface area contributed by atoms with Crippen LogP contribution >= 0.6 is 35.6 Å². The minimum absolute atomic E-state index is 0. The minimum Gasteiger partial charge on any atom is -0.357 e. The smallest absolute Gasteiger partial charge is 0.0748 e. The fourth-order valence-corrected chi connectivity index (χ4v) is 3.49. The van der Waals surface area contributed by atoms with Gasteiger partial charge in [-0.25, -0.2) is 0 Å². The number of pyridine rings is 1. The second kappa shape index (κ2) is 6.09. The molecule has 1 aliphatic rings. The van der Waals surface area contributed by atoms with Crippen LogP contribution < -0.4 is 5.32 Å². The number of hydrogen-bond acceptors (Lipinski definition) is 2. The highest BCUT2D eigenvalue weighted by Gasteiger charge is 2.26. The maximum absolute atomic E-state index is 6.31.